The zero-order chi connectivity index (χ0) is 20.3. The van der Waals surface area contributed by atoms with E-state index in [1.54, 1.807) is 26.0 Å². The molecule has 6 nitrogen and oxygen atoms in total. The normalized spacial score (nSPS) is 11.9. The number of aromatic nitrogens is 1. The van der Waals surface area contributed by atoms with Crippen LogP contribution in [0.3, 0.4) is 0 Å². The fourth-order valence-electron chi connectivity index (χ4n) is 2.84. The maximum absolute atomic E-state index is 12.6. The lowest BCUT2D eigenvalue weighted by atomic mass is 10.0. The molecule has 0 radical (unpaired) electrons. The molecule has 2 aromatic heterocycles. The van der Waals surface area contributed by atoms with Crippen LogP contribution < -0.4 is 0 Å². The van der Waals surface area contributed by atoms with Crippen LogP contribution in [0.25, 0.3) is 0 Å². The molecule has 2 rings (SSSR count). The molecule has 0 bridgehead atoms. The highest BCUT2D eigenvalue weighted by molar-refractivity contribution is 7.18. The van der Waals surface area contributed by atoms with Crippen LogP contribution in [0.15, 0.2) is 12.1 Å². The van der Waals surface area contributed by atoms with E-state index in [9.17, 15) is 19.2 Å². The van der Waals surface area contributed by atoms with Gasteiger partial charge in [0.1, 0.15) is 0 Å². The average Bonchev–Trinajstić information content (AvgIpc) is 3.14. The number of nitrogens with one attached hydrogen (secondary N) is 1. The first-order valence-corrected chi connectivity index (χ1v) is 9.53. The van der Waals surface area contributed by atoms with Crippen molar-refractivity contribution in [2.45, 2.75) is 46.6 Å². The molecule has 144 valence electrons. The second kappa shape index (κ2) is 8.63. The van der Waals surface area contributed by atoms with Crippen LogP contribution in [0.1, 0.15) is 68.5 Å². The van der Waals surface area contributed by atoms with E-state index in [-0.39, 0.29) is 30.1 Å². The molecule has 1 unspecified atom stereocenters. The van der Waals surface area contributed by atoms with E-state index in [0.29, 0.717) is 26.0 Å². The van der Waals surface area contributed by atoms with Gasteiger partial charge in [0.15, 0.2) is 17.7 Å². The number of halogens is 1. The summed E-state index contributed by atoms with van der Waals surface area (Å²) in [6.45, 7) is 6.27. The number of H-pyrrole nitrogens is 1. The van der Waals surface area contributed by atoms with Crippen molar-refractivity contribution in [1.29, 1.82) is 0 Å². The van der Waals surface area contributed by atoms with Crippen LogP contribution >= 0.6 is 22.9 Å². The van der Waals surface area contributed by atoms with Gasteiger partial charge in [-0.15, -0.1) is 11.3 Å². The molecule has 0 fully saturated rings. The third kappa shape index (κ3) is 4.93. The molecule has 1 N–H and O–H groups in total. The molecular weight excluding hydrogens is 390 g/mol. The van der Waals surface area contributed by atoms with Crippen molar-refractivity contribution >= 4 is 46.3 Å². The number of aryl methyl sites for hydroxylation is 1. The quantitative estimate of drug-likeness (QED) is 0.517. The number of esters is 1. The standard InChI is InChI=1S/C19H20ClNO5S/c1-9-17(11(3)22)10(2)21-18(9)19(25)12(4)26-16(24)8-5-13(23)14-6-7-15(20)27-14/h6-7,12,21H,5,8H2,1-4H3. The van der Waals surface area contributed by atoms with Gasteiger partial charge in [-0.2, -0.15) is 0 Å². The minimum Gasteiger partial charge on any atom is -0.454 e. The van der Waals surface area contributed by atoms with Gasteiger partial charge in [-0.1, -0.05) is 11.6 Å². The van der Waals surface area contributed by atoms with Gasteiger partial charge in [0.2, 0.25) is 5.78 Å². The van der Waals surface area contributed by atoms with E-state index in [4.69, 9.17) is 16.3 Å². The summed E-state index contributed by atoms with van der Waals surface area (Å²) in [5.74, 6) is -1.41. The molecule has 0 aliphatic heterocycles. The topological polar surface area (TPSA) is 93.3 Å². The molecule has 1 atom stereocenters. The fourth-order valence-corrected chi connectivity index (χ4v) is 3.85. The number of hydrogen-bond donors (Lipinski definition) is 1. The first-order valence-electron chi connectivity index (χ1n) is 8.34. The van der Waals surface area contributed by atoms with Crippen molar-refractivity contribution < 1.29 is 23.9 Å². The lowest BCUT2D eigenvalue weighted by Crippen LogP contribution is -2.25. The Kier molecular flexibility index (Phi) is 6.73. The number of thiophene rings is 1. The van der Waals surface area contributed by atoms with Crippen LogP contribution in [0.4, 0.5) is 0 Å². The summed E-state index contributed by atoms with van der Waals surface area (Å²) in [4.78, 5) is 51.6. The molecule has 27 heavy (non-hydrogen) atoms. The van der Waals surface area contributed by atoms with Crippen LogP contribution in [0.2, 0.25) is 4.34 Å². The summed E-state index contributed by atoms with van der Waals surface area (Å²) in [6.07, 6.45) is -1.18. The van der Waals surface area contributed by atoms with Gasteiger partial charge in [0, 0.05) is 17.7 Å². The summed E-state index contributed by atoms with van der Waals surface area (Å²) >= 11 is 6.94. The predicted octanol–water partition coefficient (Wildman–Crippen LogP) is 4.33. The van der Waals surface area contributed by atoms with Gasteiger partial charge < -0.3 is 9.72 Å². The zero-order valence-electron chi connectivity index (χ0n) is 15.5. The maximum atomic E-state index is 12.6. The molecule has 0 aliphatic rings. The minimum atomic E-state index is -1.03. The fraction of sp³-hybridized carbons (Fsp3) is 0.368. The van der Waals surface area contributed by atoms with Gasteiger partial charge in [-0.25, -0.2) is 0 Å². The Morgan fingerprint density at radius 3 is 2.37 bits per heavy atom. The number of hydrogen-bond acceptors (Lipinski definition) is 6. The highest BCUT2D eigenvalue weighted by atomic mass is 35.5. The number of Topliss-reactive ketones (excluding diaryl/α,β-unsaturated/α-hetero) is 3. The third-order valence-electron chi connectivity index (χ3n) is 4.12. The molecule has 0 aromatic carbocycles. The molecule has 0 saturated heterocycles. The van der Waals surface area contributed by atoms with E-state index in [1.807, 2.05) is 0 Å². The molecule has 2 aromatic rings. The zero-order valence-corrected chi connectivity index (χ0v) is 17.0. The molecular formula is C19H20ClNO5S. The Hall–Kier alpha value is -2.25. The second-order valence-corrected chi connectivity index (χ2v) is 7.92. The number of rotatable bonds is 8. The summed E-state index contributed by atoms with van der Waals surface area (Å²) in [5.41, 5.74) is 1.86. The van der Waals surface area contributed by atoms with Gasteiger partial charge in [-0.05, 0) is 45.4 Å². The summed E-state index contributed by atoms with van der Waals surface area (Å²) in [7, 11) is 0. The van der Waals surface area contributed by atoms with E-state index in [1.165, 1.54) is 13.8 Å². The monoisotopic (exact) mass is 409 g/mol. The van der Waals surface area contributed by atoms with Gasteiger partial charge in [0.05, 0.1) is 21.3 Å². The van der Waals surface area contributed by atoms with Gasteiger partial charge >= 0.3 is 5.97 Å². The Labute approximate surface area is 165 Å². The van der Waals surface area contributed by atoms with Gasteiger partial charge in [0.25, 0.3) is 0 Å². The molecule has 0 aliphatic carbocycles. The average molecular weight is 410 g/mol. The van der Waals surface area contributed by atoms with E-state index in [2.05, 4.69) is 4.98 Å². The summed E-state index contributed by atoms with van der Waals surface area (Å²) in [5, 5.41) is 0. The Balaban J connectivity index is 1.96. The number of aromatic amines is 1. The SMILES string of the molecule is CC(=O)c1c(C)[nH]c(C(=O)C(C)OC(=O)CCC(=O)c2ccc(Cl)s2)c1C. The van der Waals surface area contributed by atoms with Crippen LogP contribution in [0, 0.1) is 13.8 Å². The van der Waals surface area contributed by atoms with Gasteiger partial charge in [-0.3, -0.25) is 19.2 Å². The van der Waals surface area contributed by atoms with Crippen molar-refractivity contribution in [1.82, 2.24) is 4.98 Å². The Morgan fingerprint density at radius 1 is 1.19 bits per heavy atom. The van der Waals surface area contributed by atoms with Crippen molar-refractivity contribution in [3.63, 3.8) is 0 Å². The lowest BCUT2D eigenvalue weighted by Gasteiger charge is -2.12. The number of ketones is 3. The van der Waals surface area contributed by atoms with Crippen LogP contribution in [0.5, 0.6) is 0 Å². The van der Waals surface area contributed by atoms with Crippen molar-refractivity contribution in [3.05, 3.63) is 43.9 Å². The predicted molar refractivity (Wildman–Crippen MR) is 103 cm³/mol. The summed E-state index contributed by atoms with van der Waals surface area (Å²) < 4.78 is 5.66. The van der Waals surface area contributed by atoms with E-state index >= 15 is 0 Å². The van der Waals surface area contributed by atoms with Crippen LogP contribution in [-0.4, -0.2) is 34.4 Å². The molecule has 0 spiro atoms. The highest BCUT2D eigenvalue weighted by Crippen LogP contribution is 2.23. The van der Waals surface area contributed by atoms with Crippen molar-refractivity contribution in [2.75, 3.05) is 0 Å². The molecule has 2 heterocycles. The number of carbonyl (C=O) groups is 4. The smallest absolute Gasteiger partial charge is 0.306 e. The van der Waals surface area contributed by atoms with Crippen molar-refractivity contribution in [2.24, 2.45) is 0 Å². The maximum Gasteiger partial charge on any atom is 0.306 e. The first-order chi connectivity index (χ1) is 12.6. The molecule has 0 saturated carbocycles. The summed E-state index contributed by atoms with van der Waals surface area (Å²) in [6, 6.07) is 3.23. The highest BCUT2D eigenvalue weighted by Gasteiger charge is 2.26. The number of carbonyl (C=O) groups excluding carboxylic acids is 4. The first kappa shape index (κ1) is 21.1. The van der Waals surface area contributed by atoms with E-state index < -0.39 is 17.9 Å². The van der Waals surface area contributed by atoms with Crippen molar-refractivity contribution in [3.8, 4) is 0 Å². The second-order valence-electron chi connectivity index (χ2n) is 6.20. The molecule has 0 amide bonds. The molecule has 8 heteroatoms. The Morgan fingerprint density at radius 2 is 1.85 bits per heavy atom. The van der Waals surface area contributed by atoms with E-state index in [0.717, 1.165) is 11.3 Å². The Bertz CT molecular complexity index is 911. The minimum absolute atomic E-state index is 0.0221. The number of ether oxygens (including phenoxy) is 1. The largest absolute Gasteiger partial charge is 0.454 e. The van der Waals surface area contributed by atoms with Crippen LogP contribution in [-0.2, 0) is 9.53 Å². The third-order valence-corrected chi connectivity index (χ3v) is 5.39. The lowest BCUT2D eigenvalue weighted by molar-refractivity contribution is -0.146.